The number of amides is 1. The Morgan fingerprint density at radius 1 is 0.951 bits per heavy atom. The predicted octanol–water partition coefficient (Wildman–Crippen LogP) is 2.87. The van der Waals surface area contributed by atoms with Crippen LogP contribution < -0.4 is 0 Å². The molecule has 12 nitrogen and oxygen atoms in total. The summed E-state index contributed by atoms with van der Waals surface area (Å²) in [6.07, 6.45) is 5.47. The third-order valence-electron chi connectivity index (χ3n) is 7.58. The van der Waals surface area contributed by atoms with Crippen LogP contribution in [0.1, 0.15) is 98.3 Å². The highest BCUT2D eigenvalue weighted by Gasteiger charge is 2.42. The molecule has 2 aliphatic heterocycles. The average molecular weight is 612 g/mol. The molecule has 2 heterocycles. The van der Waals surface area contributed by atoms with E-state index in [1.807, 2.05) is 0 Å². The van der Waals surface area contributed by atoms with E-state index in [-0.39, 0.29) is 38.0 Å². The van der Waals surface area contributed by atoms with Crippen LogP contribution in [0.5, 0.6) is 0 Å². The minimum Gasteiger partial charge on any atom is -0.394 e. The van der Waals surface area contributed by atoms with Crippen LogP contribution in [0.3, 0.4) is 0 Å². The SMILES string of the molecule is CC1C(OCCCCCCCCCCCC(=O)N2CC(OP(=O)(O)OC(C)(C)C)CC2CO)OC(CO)C(O)C1O. The number of carbonyl (C=O) groups excluding carboxylic acids is 1. The third kappa shape index (κ3) is 12.8. The molecule has 8 atom stereocenters. The van der Waals surface area contributed by atoms with Crippen molar-refractivity contribution in [1.82, 2.24) is 4.90 Å². The summed E-state index contributed by atoms with van der Waals surface area (Å²) in [7, 11) is -4.27. The number of unbranched alkanes of at least 4 members (excludes halogenated alkanes) is 8. The smallest absolute Gasteiger partial charge is 0.394 e. The Morgan fingerprint density at radius 3 is 2.10 bits per heavy atom. The van der Waals surface area contributed by atoms with Crippen LogP contribution in [0.25, 0.3) is 0 Å². The van der Waals surface area contributed by atoms with Gasteiger partial charge >= 0.3 is 7.82 Å². The molecule has 0 aromatic carbocycles. The van der Waals surface area contributed by atoms with E-state index in [1.54, 1.807) is 32.6 Å². The number of hydrogen-bond acceptors (Lipinski definition) is 10. The molecule has 1 amide bonds. The summed E-state index contributed by atoms with van der Waals surface area (Å²) >= 11 is 0. The molecule has 13 heteroatoms. The van der Waals surface area contributed by atoms with E-state index >= 15 is 0 Å². The van der Waals surface area contributed by atoms with Crippen LogP contribution in [0.4, 0.5) is 0 Å². The lowest BCUT2D eigenvalue weighted by Gasteiger charge is -2.40. The fraction of sp³-hybridized carbons (Fsp3) is 0.964. The zero-order valence-electron chi connectivity index (χ0n) is 25.2. The molecule has 0 aromatic heterocycles. The number of likely N-dealkylation sites (tertiary alicyclic amines) is 1. The molecule has 8 unspecified atom stereocenters. The van der Waals surface area contributed by atoms with Gasteiger partial charge < -0.3 is 39.7 Å². The van der Waals surface area contributed by atoms with Crippen molar-refractivity contribution < 1.29 is 53.2 Å². The fourth-order valence-corrected chi connectivity index (χ4v) is 6.62. The summed E-state index contributed by atoms with van der Waals surface area (Å²) in [4.78, 5) is 24.3. The van der Waals surface area contributed by atoms with Crippen molar-refractivity contribution in [3.63, 3.8) is 0 Å². The van der Waals surface area contributed by atoms with Crippen molar-refractivity contribution in [2.45, 2.75) is 141 Å². The van der Waals surface area contributed by atoms with Crippen LogP contribution in [-0.2, 0) is 27.9 Å². The fourth-order valence-electron chi connectivity index (χ4n) is 5.35. The van der Waals surface area contributed by atoms with Crippen molar-refractivity contribution in [3.05, 3.63) is 0 Å². The number of aliphatic hydroxyl groups excluding tert-OH is 4. The summed E-state index contributed by atoms with van der Waals surface area (Å²) < 4.78 is 34.0. The molecule has 2 fully saturated rings. The maximum Gasteiger partial charge on any atom is 0.473 e. The van der Waals surface area contributed by atoms with Gasteiger partial charge in [0.25, 0.3) is 0 Å². The Bertz CT molecular complexity index is 808. The summed E-state index contributed by atoms with van der Waals surface area (Å²) in [6, 6.07) is -0.428. The number of hydrogen-bond donors (Lipinski definition) is 5. The zero-order chi connectivity index (χ0) is 30.6. The first kappa shape index (κ1) is 36.5. The predicted molar refractivity (Wildman–Crippen MR) is 152 cm³/mol. The number of phosphoric ester groups is 1. The van der Waals surface area contributed by atoms with E-state index < -0.39 is 50.2 Å². The lowest BCUT2D eigenvalue weighted by molar-refractivity contribution is -0.282. The van der Waals surface area contributed by atoms with Gasteiger partial charge in [0.15, 0.2) is 6.29 Å². The van der Waals surface area contributed by atoms with Crippen LogP contribution in [0, 0.1) is 5.92 Å². The van der Waals surface area contributed by atoms with Crippen LogP contribution in [0.15, 0.2) is 0 Å². The molecule has 0 radical (unpaired) electrons. The number of phosphoric acid groups is 1. The van der Waals surface area contributed by atoms with Gasteiger partial charge in [0, 0.05) is 25.5 Å². The van der Waals surface area contributed by atoms with Gasteiger partial charge in [0.1, 0.15) is 12.2 Å². The standard InChI is InChI=1S/C28H54NO11P/c1-20-25(33)26(34)23(19-31)38-27(20)37-15-13-11-9-7-5-6-8-10-12-14-24(32)29-17-22(16-21(29)18-30)39-41(35,36)40-28(2,3)4/h20-23,25-27,30-31,33-34H,5-19H2,1-4H3,(H,35,36). The maximum atomic E-state index is 12.7. The van der Waals surface area contributed by atoms with Crippen molar-refractivity contribution >= 4 is 13.7 Å². The molecule has 0 spiro atoms. The van der Waals surface area contributed by atoms with Gasteiger partial charge in [0.05, 0.1) is 37.1 Å². The van der Waals surface area contributed by atoms with Crippen molar-refractivity contribution in [1.29, 1.82) is 0 Å². The van der Waals surface area contributed by atoms with Crippen LogP contribution >= 0.6 is 7.82 Å². The maximum absolute atomic E-state index is 12.7. The molecule has 0 aromatic rings. The average Bonchev–Trinajstić information content (AvgIpc) is 3.29. The Hall–Kier alpha value is -0.660. The second-order valence-electron chi connectivity index (χ2n) is 12.4. The molecule has 41 heavy (non-hydrogen) atoms. The van der Waals surface area contributed by atoms with Gasteiger partial charge in [-0.15, -0.1) is 0 Å². The van der Waals surface area contributed by atoms with E-state index in [9.17, 15) is 34.7 Å². The third-order valence-corrected chi connectivity index (χ3v) is 8.93. The molecule has 0 bridgehead atoms. The summed E-state index contributed by atoms with van der Waals surface area (Å²) in [5, 5.41) is 39.0. The molecule has 2 rings (SSSR count). The highest BCUT2D eigenvalue weighted by atomic mass is 31.2. The Morgan fingerprint density at radius 2 is 1.54 bits per heavy atom. The molecule has 5 N–H and O–H groups in total. The summed E-state index contributed by atoms with van der Waals surface area (Å²) in [6.45, 7) is 6.79. The first-order valence-electron chi connectivity index (χ1n) is 15.1. The van der Waals surface area contributed by atoms with E-state index in [0.717, 1.165) is 57.8 Å². The molecule has 2 saturated heterocycles. The molecular formula is C28H54NO11P. The van der Waals surface area contributed by atoms with Gasteiger partial charge in [-0.25, -0.2) is 4.57 Å². The summed E-state index contributed by atoms with van der Waals surface area (Å²) in [5.74, 6) is -0.451. The number of carbonyl (C=O) groups is 1. The molecule has 242 valence electrons. The largest absolute Gasteiger partial charge is 0.473 e. The monoisotopic (exact) mass is 611 g/mol. The number of ether oxygens (including phenoxy) is 2. The molecule has 0 aliphatic carbocycles. The van der Waals surface area contributed by atoms with Crippen molar-refractivity contribution in [2.24, 2.45) is 5.92 Å². The van der Waals surface area contributed by atoms with Gasteiger partial charge in [-0.2, -0.15) is 0 Å². The summed E-state index contributed by atoms with van der Waals surface area (Å²) in [5.41, 5.74) is -0.850. The van der Waals surface area contributed by atoms with E-state index in [0.29, 0.717) is 13.0 Å². The molecular weight excluding hydrogens is 557 g/mol. The van der Waals surface area contributed by atoms with Gasteiger partial charge in [-0.1, -0.05) is 51.9 Å². The lowest BCUT2D eigenvalue weighted by Crippen LogP contribution is -2.55. The Balaban J connectivity index is 1.51. The number of rotatable bonds is 18. The first-order chi connectivity index (χ1) is 19.3. The van der Waals surface area contributed by atoms with E-state index in [4.69, 9.17) is 18.5 Å². The minimum atomic E-state index is -4.27. The van der Waals surface area contributed by atoms with Gasteiger partial charge in [0.2, 0.25) is 5.91 Å². The van der Waals surface area contributed by atoms with Crippen molar-refractivity contribution in [3.8, 4) is 0 Å². The molecule has 0 saturated carbocycles. The normalized spacial score (nSPS) is 30.5. The number of nitrogens with zero attached hydrogens (tertiary/aromatic N) is 1. The Kier molecular flexibility index (Phi) is 15.7. The lowest BCUT2D eigenvalue weighted by atomic mass is 9.92. The van der Waals surface area contributed by atoms with Crippen LogP contribution in [0.2, 0.25) is 0 Å². The van der Waals surface area contributed by atoms with E-state index in [2.05, 4.69) is 0 Å². The topological polar surface area (TPSA) is 175 Å². The quantitative estimate of drug-likeness (QED) is 0.114. The Labute approximate surface area is 244 Å². The molecule has 2 aliphatic rings. The second-order valence-corrected chi connectivity index (χ2v) is 13.7. The van der Waals surface area contributed by atoms with Crippen molar-refractivity contribution in [2.75, 3.05) is 26.4 Å². The van der Waals surface area contributed by atoms with E-state index in [1.165, 1.54) is 0 Å². The van der Waals surface area contributed by atoms with Gasteiger partial charge in [-0.05, 0) is 40.0 Å². The van der Waals surface area contributed by atoms with Gasteiger partial charge in [-0.3, -0.25) is 13.8 Å². The first-order valence-corrected chi connectivity index (χ1v) is 16.6. The van der Waals surface area contributed by atoms with Crippen LogP contribution in [-0.4, -0.2) is 105 Å². The second kappa shape index (κ2) is 17.6. The highest BCUT2D eigenvalue weighted by Crippen LogP contribution is 2.49. The zero-order valence-corrected chi connectivity index (χ0v) is 26.1. The highest BCUT2D eigenvalue weighted by molar-refractivity contribution is 7.47. The minimum absolute atomic E-state index is 0.0764. The number of aliphatic hydroxyl groups is 4.